The molecule has 0 aliphatic rings. The molecule has 3 heteroatoms. The van der Waals surface area contributed by atoms with E-state index >= 15 is 0 Å². The molecule has 21 heavy (non-hydrogen) atoms. The molecule has 0 aromatic heterocycles. The SMILES string of the molecule is CCOC(=O)/C=C(\c1ccccc1)c1cccc(OC)c1. The molecule has 2 rings (SSSR count). The Morgan fingerprint density at radius 1 is 1.05 bits per heavy atom. The third-order valence-electron chi connectivity index (χ3n) is 3.01. The van der Waals surface area contributed by atoms with E-state index in [0.717, 1.165) is 22.4 Å². The minimum Gasteiger partial charge on any atom is -0.497 e. The lowest BCUT2D eigenvalue weighted by atomic mass is 9.97. The Hall–Kier alpha value is -2.55. The van der Waals surface area contributed by atoms with Gasteiger partial charge in [-0.15, -0.1) is 0 Å². The average molecular weight is 282 g/mol. The third kappa shape index (κ3) is 3.96. The molecule has 0 saturated heterocycles. The van der Waals surface area contributed by atoms with Crippen molar-refractivity contribution in [1.29, 1.82) is 0 Å². The van der Waals surface area contributed by atoms with Crippen molar-refractivity contribution in [1.82, 2.24) is 0 Å². The Balaban J connectivity index is 2.47. The molecule has 0 heterocycles. The van der Waals surface area contributed by atoms with Crippen molar-refractivity contribution in [3.8, 4) is 5.75 Å². The first-order valence-electron chi connectivity index (χ1n) is 6.83. The second-order valence-corrected chi connectivity index (χ2v) is 4.41. The number of hydrogen-bond acceptors (Lipinski definition) is 3. The van der Waals surface area contributed by atoms with Crippen LogP contribution < -0.4 is 4.74 Å². The summed E-state index contributed by atoms with van der Waals surface area (Å²) in [5.41, 5.74) is 2.68. The van der Waals surface area contributed by atoms with Crippen LogP contribution in [0.2, 0.25) is 0 Å². The van der Waals surface area contributed by atoms with E-state index in [0.29, 0.717) is 6.61 Å². The normalized spacial score (nSPS) is 11.0. The number of rotatable bonds is 5. The average Bonchev–Trinajstić information content (AvgIpc) is 2.54. The van der Waals surface area contributed by atoms with E-state index < -0.39 is 0 Å². The summed E-state index contributed by atoms with van der Waals surface area (Å²) in [4.78, 5) is 11.8. The van der Waals surface area contributed by atoms with Gasteiger partial charge in [-0.2, -0.15) is 0 Å². The van der Waals surface area contributed by atoms with Crippen molar-refractivity contribution in [2.75, 3.05) is 13.7 Å². The van der Waals surface area contributed by atoms with Gasteiger partial charge in [-0.1, -0.05) is 42.5 Å². The molecule has 0 aliphatic carbocycles. The molecule has 0 saturated carbocycles. The largest absolute Gasteiger partial charge is 0.497 e. The Morgan fingerprint density at radius 2 is 1.76 bits per heavy atom. The van der Waals surface area contributed by atoms with E-state index in [1.807, 2.05) is 54.6 Å². The zero-order valence-electron chi connectivity index (χ0n) is 12.2. The molecule has 0 radical (unpaired) electrons. The Bertz CT molecular complexity index is 630. The maximum atomic E-state index is 11.8. The van der Waals surface area contributed by atoms with Crippen LogP contribution in [0, 0.1) is 0 Å². The number of carbonyl (C=O) groups is 1. The summed E-state index contributed by atoms with van der Waals surface area (Å²) in [5.74, 6) is 0.400. The highest BCUT2D eigenvalue weighted by Crippen LogP contribution is 2.26. The molecule has 0 bridgehead atoms. The first-order valence-corrected chi connectivity index (χ1v) is 6.83. The van der Waals surface area contributed by atoms with Crippen molar-refractivity contribution in [2.45, 2.75) is 6.92 Å². The monoisotopic (exact) mass is 282 g/mol. The predicted molar refractivity (Wildman–Crippen MR) is 83.1 cm³/mol. The lowest BCUT2D eigenvalue weighted by Crippen LogP contribution is -2.02. The van der Waals surface area contributed by atoms with Crippen LogP contribution in [0.15, 0.2) is 60.7 Å². The molecule has 0 atom stereocenters. The number of carbonyl (C=O) groups excluding carboxylic acids is 1. The molecule has 0 N–H and O–H groups in total. The van der Waals surface area contributed by atoms with Crippen LogP contribution in [0.4, 0.5) is 0 Å². The van der Waals surface area contributed by atoms with Gasteiger partial charge in [0.15, 0.2) is 0 Å². The highest BCUT2D eigenvalue weighted by atomic mass is 16.5. The van der Waals surface area contributed by atoms with Gasteiger partial charge in [0.2, 0.25) is 0 Å². The van der Waals surface area contributed by atoms with E-state index in [9.17, 15) is 4.79 Å². The molecule has 108 valence electrons. The number of methoxy groups -OCH3 is 1. The van der Waals surface area contributed by atoms with Gasteiger partial charge >= 0.3 is 5.97 Å². The van der Waals surface area contributed by atoms with Gasteiger partial charge in [0, 0.05) is 6.08 Å². The summed E-state index contributed by atoms with van der Waals surface area (Å²) >= 11 is 0. The Morgan fingerprint density at radius 3 is 2.43 bits per heavy atom. The first-order chi connectivity index (χ1) is 10.2. The molecule has 0 amide bonds. The van der Waals surface area contributed by atoms with Gasteiger partial charge in [0.1, 0.15) is 5.75 Å². The summed E-state index contributed by atoms with van der Waals surface area (Å²) in [6.07, 6.45) is 1.52. The molecule has 0 unspecified atom stereocenters. The van der Waals surface area contributed by atoms with Gasteiger partial charge in [-0.3, -0.25) is 0 Å². The Kier molecular flexibility index (Phi) is 5.16. The van der Waals surface area contributed by atoms with Crippen molar-refractivity contribution in [3.63, 3.8) is 0 Å². The minimum absolute atomic E-state index is 0.348. The fourth-order valence-electron chi connectivity index (χ4n) is 2.04. The number of hydrogen-bond donors (Lipinski definition) is 0. The molecule has 2 aromatic carbocycles. The molecule has 3 nitrogen and oxygen atoms in total. The van der Waals surface area contributed by atoms with Crippen LogP contribution in [-0.4, -0.2) is 19.7 Å². The van der Waals surface area contributed by atoms with Crippen molar-refractivity contribution >= 4 is 11.5 Å². The van der Waals surface area contributed by atoms with E-state index in [-0.39, 0.29) is 5.97 Å². The smallest absolute Gasteiger partial charge is 0.331 e. The molecule has 0 fully saturated rings. The van der Waals surface area contributed by atoms with Gasteiger partial charge in [0.25, 0.3) is 0 Å². The maximum Gasteiger partial charge on any atom is 0.331 e. The molecule has 0 aliphatic heterocycles. The summed E-state index contributed by atoms with van der Waals surface area (Å²) in [6, 6.07) is 17.4. The fraction of sp³-hybridized carbons (Fsp3) is 0.167. The molecular formula is C18H18O3. The van der Waals surface area contributed by atoms with E-state index in [4.69, 9.17) is 9.47 Å². The van der Waals surface area contributed by atoms with Crippen molar-refractivity contribution in [3.05, 3.63) is 71.8 Å². The van der Waals surface area contributed by atoms with Gasteiger partial charge in [0.05, 0.1) is 13.7 Å². The van der Waals surface area contributed by atoms with E-state index in [1.165, 1.54) is 6.08 Å². The van der Waals surface area contributed by atoms with Crippen molar-refractivity contribution in [2.24, 2.45) is 0 Å². The lowest BCUT2D eigenvalue weighted by Gasteiger charge is -2.10. The molecule has 0 spiro atoms. The second kappa shape index (κ2) is 7.29. The summed E-state index contributed by atoms with van der Waals surface area (Å²) in [7, 11) is 1.62. The van der Waals surface area contributed by atoms with Crippen LogP contribution in [-0.2, 0) is 9.53 Å². The summed E-state index contributed by atoms with van der Waals surface area (Å²) in [5, 5.41) is 0. The molecular weight excluding hydrogens is 264 g/mol. The number of benzene rings is 2. The van der Waals surface area contributed by atoms with Crippen LogP contribution >= 0.6 is 0 Å². The van der Waals surface area contributed by atoms with Gasteiger partial charge in [-0.25, -0.2) is 4.79 Å². The van der Waals surface area contributed by atoms with Crippen LogP contribution in [0.3, 0.4) is 0 Å². The maximum absolute atomic E-state index is 11.8. The zero-order valence-corrected chi connectivity index (χ0v) is 12.2. The quantitative estimate of drug-likeness (QED) is 0.620. The van der Waals surface area contributed by atoms with Gasteiger partial charge in [-0.05, 0) is 35.8 Å². The first kappa shape index (κ1) is 14.9. The second-order valence-electron chi connectivity index (χ2n) is 4.41. The van der Waals surface area contributed by atoms with Crippen molar-refractivity contribution < 1.29 is 14.3 Å². The van der Waals surface area contributed by atoms with Crippen LogP contribution in [0.25, 0.3) is 5.57 Å². The van der Waals surface area contributed by atoms with Crippen LogP contribution in [0.5, 0.6) is 5.75 Å². The Labute approximate surface area is 124 Å². The standard InChI is InChI=1S/C18H18O3/c1-3-21-18(19)13-17(14-8-5-4-6-9-14)15-10-7-11-16(12-15)20-2/h4-13H,3H2,1-2H3/b17-13+. The minimum atomic E-state index is -0.348. The molecule has 2 aromatic rings. The third-order valence-corrected chi connectivity index (χ3v) is 3.01. The van der Waals surface area contributed by atoms with Crippen LogP contribution in [0.1, 0.15) is 18.1 Å². The highest BCUT2D eigenvalue weighted by molar-refractivity contribution is 5.96. The van der Waals surface area contributed by atoms with Gasteiger partial charge < -0.3 is 9.47 Å². The zero-order chi connectivity index (χ0) is 15.1. The summed E-state index contributed by atoms with van der Waals surface area (Å²) < 4.78 is 10.3. The predicted octanol–water partition coefficient (Wildman–Crippen LogP) is 3.69. The highest BCUT2D eigenvalue weighted by Gasteiger charge is 2.09. The summed E-state index contributed by atoms with van der Waals surface area (Å²) in [6.45, 7) is 2.15. The number of ether oxygens (including phenoxy) is 2. The lowest BCUT2D eigenvalue weighted by molar-refractivity contribution is -0.137. The topological polar surface area (TPSA) is 35.5 Å². The number of esters is 1. The van der Waals surface area contributed by atoms with E-state index in [1.54, 1.807) is 14.0 Å². The fourth-order valence-corrected chi connectivity index (χ4v) is 2.04. The van der Waals surface area contributed by atoms with E-state index in [2.05, 4.69) is 0 Å².